The zero-order valence-electron chi connectivity index (χ0n) is 26.3. The molecule has 0 aliphatic rings. The van der Waals surface area contributed by atoms with E-state index < -0.39 is 24.4 Å². The lowest BCUT2D eigenvalue weighted by Gasteiger charge is -2.13. The monoisotopic (exact) mass is 617 g/mol. The molecular formula is C36H47N3O6. The van der Waals surface area contributed by atoms with E-state index in [1.54, 1.807) is 57.2 Å². The molecule has 0 aliphatic heterocycles. The summed E-state index contributed by atoms with van der Waals surface area (Å²) in [5.74, 6) is -0.226. The van der Waals surface area contributed by atoms with Crippen molar-refractivity contribution in [3.05, 3.63) is 144 Å². The molecule has 45 heavy (non-hydrogen) atoms. The first-order chi connectivity index (χ1) is 21.4. The highest BCUT2D eigenvalue weighted by Gasteiger charge is 2.12. The molecule has 242 valence electrons. The van der Waals surface area contributed by atoms with Crippen molar-refractivity contribution in [2.45, 2.75) is 64.2 Å². The number of nitrogens with two attached hydrogens (primary N) is 2. The number of carbonyl (C=O) groups is 1. The Kier molecular flexibility index (Phi) is 18.5. The zero-order valence-corrected chi connectivity index (χ0v) is 26.3. The van der Waals surface area contributed by atoms with Crippen LogP contribution in [0.5, 0.6) is 0 Å². The van der Waals surface area contributed by atoms with Gasteiger partial charge < -0.3 is 37.1 Å². The summed E-state index contributed by atoms with van der Waals surface area (Å²) in [5, 5.41) is 49.0. The molecule has 0 fully saturated rings. The van der Waals surface area contributed by atoms with Crippen molar-refractivity contribution in [3.8, 4) is 0 Å². The molecule has 0 saturated heterocycles. The molecule has 0 aliphatic carbocycles. The Bertz CT molecular complexity index is 1310. The van der Waals surface area contributed by atoms with Crippen molar-refractivity contribution in [2.75, 3.05) is 0 Å². The fourth-order valence-corrected chi connectivity index (χ4v) is 3.71. The zero-order chi connectivity index (χ0) is 33.8. The number of nitrogens with zero attached hydrogens (tertiary/aromatic N) is 1. The van der Waals surface area contributed by atoms with Gasteiger partial charge in [0, 0.05) is 12.1 Å². The number of oxime groups is 1. The van der Waals surface area contributed by atoms with Gasteiger partial charge in [0.15, 0.2) is 5.78 Å². The molecule has 9 heteroatoms. The summed E-state index contributed by atoms with van der Waals surface area (Å²) < 4.78 is 0. The van der Waals surface area contributed by atoms with Crippen LogP contribution in [-0.2, 0) is 4.79 Å². The quantitative estimate of drug-likeness (QED) is 0.0817. The first-order valence-corrected chi connectivity index (χ1v) is 14.5. The van der Waals surface area contributed by atoms with Crippen molar-refractivity contribution in [2.24, 2.45) is 16.6 Å². The molecular weight excluding hydrogens is 570 g/mol. The van der Waals surface area contributed by atoms with E-state index in [0.29, 0.717) is 11.3 Å². The molecule has 0 unspecified atom stereocenters. The van der Waals surface area contributed by atoms with E-state index in [-0.39, 0.29) is 17.9 Å². The lowest BCUT2D eigenvalue weighted by molar-refractivity contribution is -0.125. The second-order valence-electron chi connectivity index (χ2n) is 10.4. The van der Waals surface area contributed by atoms with Crippen molar-refractivity contribution >= 4 is 11.5 Å². The molecule has 0 saturated carbocycles. The second-order valence-corrected chi connectivity index (χ2v) is 10.4. The van der Waals surface area contributed by atoms with Gasteiger partial charge in [-0.2, -0.15) is 0 Å². The van der Waals surface area contributed by atoms with Gasteiger partial charge in [0.05, 0.1) is 17.9 Å². The van der Waals surface area contributed by atoms with Crippen molar-refractivity contribution < 1.29 is 30.4 Å². The maximum atomic E-state index is 10.7. The minimum atomic E-state index is -0.962. The van der Waals surface area contributed by atoms with Crippen LogP contribution in [0.15, 0.2) is 126 Å². The maximum absolute atomic E-state index is 10.7. The smallest absolute Gasteiger partial charge is 0.162 e. The Morgan fingerprint density at radius 2 is 0.800 bits per heavy atom. The highest BCUT2D eigenvalue weighted by Crippen LogP contribution is 2.15. The normalized spacial score (nSPS) is 14.7. The number of hydrogen-bond donors (Lipinski definition) is 7. The second kappa shape index (κ2) is 21.5. The number of aliphatic hydroxyl groups is 4. The summed E-state index contributed by atoms with van der Waals surface area (Å²) in [6.45, 7) is 6.52. The highest BCUT2D eigenvalue weighted by atomic mass is 16.4. The largest absolute Gasteiger partial charge is 0.411 e. The minimum Gasteiger partial charge on any atom is -0.411 e. The van der Waals surface area contributed by atoms with Gasteiger partial charge in [-0.1, -0.05) is 126 Å². The number of benzene rings is 4. The van der Waals surface area contributed by atoms with Crippen LogP contribution < -0.4 is 11.5 Å². The van der Waals surface area contributed by atoms with Gasteiger partial charge in [0.25, 0.3) is 0 Å². The van der Waals surface area contributed by atoms with Gasteiger partial charge in [-0.05, 0) is 49.9 Å². The molecule has 4 aromatic carbocycles. The number of ketones is 1. The van der Waals surface area contributed by atoms with Crippen LogP contribution in [0.2, 0.25) is 0 Å². The molecule has 0 spiro atoms. The topological polar surface area (TPSA) is 183 Å². The van der Waals surface area contributed by atoms with Crippen LogP contribution in [0, 0.1) is 0 Å². The van der Waals surface area contributed by atoms with Crippen LogP contribution in [0.25, 0.3) is 0 Å². The summed E-state index contributed by atoms with van der Waals surface area (Å²) in [7, 11) is 0. The Morgan fingerprint density at radius 1 is 0.533 bits per heavy atom. The molecule has 9 N–H and O–H groups in total. The van der Waals surface area contributed by atoms with E-state index in [9.17, 15) is 25.2 Å². The average Bonchev–Trinajstić information content (AvgIpc) is 3.08. The van der Waals surface area contributed by atoms with E-state index in [0.717, 1.165) is 16.7 Å². The molecule has 6 atom stereocenters. The third-order valence-corrected chi connectivity index (χ3v) is 6.45. The van der Waals surface area contributed by atoms with Gasteiger partial charge in [-0.15, -0.1) is 0 Å². The van der Waals surface area contributed by atoms with Gasteiger partial charge >= 0.3 is 0 Å². The van der Waals surface area contributed by atoms with E-state index in [4.69, 9.17) is 16.7 Å². The lowest BCUT2D eigenvalue weighted by Crippen LogP contribution is -2.24. The Morgan fingerprint density at radius 3 is 1.04 bits per heavy atom. The Balaban J connectivity index is 0.000000300. The Hall–Kier alpha value is -4.22. The first-order valence-electron chi connectivity index (χ1n) is 14.5. The van der Waals surface area contributed by atoms with Gasteiger partial charge in [0.2, 0.25) is 0 Å². The number of hydrogen-bond acceptors (Lipinski definition) is 9. The molecule has 9 nitrogen and oxygen atoms in total. The predicted octanol–water partition coefficient (Wildman–Crippen LogP) is 5.01. The summed E-state index contributed by atoms with van der Waals surface area (Å²) >= 11 is 0. The molecule has 0 radical (unpaired) electrons. The van der Waals surface area contributed by atoms with E-state index in [2.05, 4.69) is 5.16 Å². The van der Waals surface area contributed by atoms with Gasteiger partial charge in [-0.3, -0.25) is 4.79 Å². The van der Waals surface area contributed by atoms with Crippen molar-refractivity contribution in [3.63, 3.8) is 0 Å². The summed E-state index contributed by atoms with van der Waals surface area (Å²) in [5.41, 5.74) is 14.5. The molecule has 0 heterocycles. The number of rotatable bonds is 8. The maximum Gasteiger partial charge on any atom is 0.162 e. The highest BCUT2D eigenvalue weighted by molar-refractivity contribution is 5.86. The van der Waals surface area contributed by atoms with E-state index >= 15 is 0 Å². The number of carbonyl (C=O) groups excluding carboxylic acids is 1. The third-order valence-electron chi connectivity index (χ3n) is 6.45. The molecule has 0 aromatic heterocycles. The van der Waals surface area contributed by atoms with Crippen LogP contribution >= 0.6 is 0 Å². The van der Waals surface area contributed by atoms with Gasteiger partial charge in [0.1, 0.15) is 12.2 Å². The number of Topliss-reactive ketones (excluding diaryl/α,β-unsaturated/α-hetero) is 1. The van der Waals surface area contributed by atoms with Crippen LogP contribution in [0.4, 0.5) is 0 Å². The SMILES string of the molecule is C/C(=N\O)[C@H](O)c1ccccc1.CC(=O)[C@H](O)c1ccccc1.C[C@H](N)[C@H](O)c1ccccc1.C[C@H](N)[C@H](O)c1ccccc1. The van der Waals surface area contributed by atoms with Crippen molar-refractivity contribution in [1.82, 2.24) is 0 Å². The fourth-order valence-electron chi connectivity index (χ4n) is 3.71. The molecule has 0 amide bonds. The van der Waals surface area contributed by atoms with E-state index in [1.807, 2.05) is 84.9 Å². The fraction of sp³-hybridized carbons (Fsp3) is 0.278. The van der Waals surface area contributed by atoms with Crippen LogP contribution in [0.1, 0.15) is 74.4 Å². The predicted molar refractivity (Wildman–Crippen MR) is 178 cm³/mol. The summed E-state index contributed by atoms with van der Waals surface area (Å²) in [6.07, 6.45) is -2.86. The minimum absolute atomic E-state index is 0.211. The van der Waals surface area contributed by atoms with Crippen LogP contribution in [0.3, 0.4) is 0 Å². The molecule has 4 rings (SSSR count). The third kappa shape index (κ3) is 14.9. The lowest BCUT2D eigenvalue weighted by atomic mass is 10.0. The molecule has 0 bridgehead atoms. The van der Waals surface area contributed by atoms with Gasteiger partial charge in [-0.25, -0.2) is 0 Å². The van der Waals surface area contributed by atoms with Crippen molar-refractivity contribution in [1.29, 1.82) is 0 Å². The summed E-state index contributed by atoms with van der Waals surface area (Å²) in [6, 6.07) is 36.4. The standard InChI is InChI=1S/C9H11NO2.2C9H13NO.C9H10O2/c1-7(10-12)9(11)8-5-3-2-4-6-8;3*1-7(10)9(11)8-5-3-2-4-6-8/h2-6,9,11-12H,1H3;2*2-7,9,11H,10H2,1H3;2-6,9,11H,1H3/b10-7+;;;/t9-;2*7-,9-;9-/m0000/s1. The average molecular weight is 618 g/mol. The number of aliphatic hydroxyl groups excluding tert-OH is 4. The van der Waals surface area contributed by atoms with Crippen LogP contribution in [-0.4, -0.2) is 49.2 Å². The van der Waals surface area contributed by atoms with E-state index in [1.165, 1.54) is 6.92 Å². The molecule has 4 aromatic rings. The Labute approximate surface area is 266 Å². The summed E-state index contributed by atoms with van der Waals surface area (Å²) in [4.78, 5) is 10.7. The first kappa shape index (κ1) is 38.8.